The van der Waals surface area contributed by atoms with E-state index >= 15 is 0 Å². The molecule has 4 heteroatoms. The molecule has 20 heavy (non-hydrogen) atoms. The highest BCUT2D eigenvalue weighted by atomic mass is 32.2. The summed E-state index contributed by atoms with van der Waals surface area (Å²) in [6.07, 6.45) is 2.35. The number of amides is 1. The summed E-state index contributed by atoms with van der Waals surface area (Å²) in [5.41, 5.74) is 2.99. The summed E-state index contributed by atoms with van der Waals surface area (Å²) in [6, 6.07) is 12.9. The molecule has 3 rings (SSSR count). The van der Waals surface area contributed by atoms with Gasteiger partial charge in [0.15, 0.2) is 5.78 Å². The third kappa shape index (κ3) is 2.34. The van der Waals surface area contributed by atoms with Crippen LogP contribution < -0.4 is 5.32 Å². The van der Waals surface area contributed by atoms with Crippen LogP contribution in [0.25, 0.3) is 0 Å². The van der Waals surface area contributed by atoms with Gasteiger partial charge in [-0.05, 0) is 54.3 Å². The number of thioether (sulfide) groups is 1. The van der Waals surface area contributed by atoms with E-state index in [1.807, 2.05) is 30.5 Å². The second-order valence-corrected chi connectivity index (χ2v) is 5.53. The molecule has 0 radical (unpaired) electrons. The van der Waals surface area contributed by atoms with Gasteiger partial charge in [-0.2, -0.15) is 0 Å². The van der Waals surface area contributed by atoms with Gasteiger partial charge in [-0.15, -0.1) is 11.8 Å². The molecule has 0 saturated heterocycles. The summed E-state index contributed by atoms with van der Waals surface area (Å²) < 4.78 is 0. The van der Waals surface area contributed by atoms with Gasteiger partial charge in [0.05, 0.1) is 6.42 Å². The molecule has 0 saturated carbocycles. The summed E-state index contributed by atoms with van der Waals surface area (Å²) in [6.45, 7) is 0. The largest absolute Gasteiger partial charge is 0.326 e. The van der Waals surface area contributed by atoms with Crippen molar-refractivity contribution in [3.05, 3.63) is 59.2 Å². The topological polar surface area (TPSA) is 46.2 Å². The minimum Gasteiger partial charge on any atom is -0.326 e. The third-order valence-electron chi connectivity index (χ3n) is 3.34. The highest BCUT2D eigenvalue weighted by molar-refractivity contribution is 7.98. The molecule has 1 aliphatic rings. The van der Waals surface area contributed by atoms with E-state index in [4.69, 9.17) is 0 Å². The molecule has 0 aliphatic carbocycles. The quantitative estimate of drug-likeness (QED) is 0.695. The number of carbonyl (C=O) groups is 2. The zero-order valence-electron chi connectivity index (χ0n) is 11.0. The number of rotatable bonds is 3. The summed E-state index contributed by atoms with van der Waals surface area (Å²) in [4.78, 5) is 24.9. The fourth-order valence-electron chi connectivity index (χ4n) is 2.28. The van der Waals surface area contributed by atoms with Gasteiger partial charge in [-0.1, -0.05) is 0 Å². The van der Waals surface area contributed by atoms with Crippen LogP contribution in [0.1, 0.15) is 21.5 Å². The Kier molecular flexibility index (Phi) is 3.32. The lowest BCUT2D eigenvalue weighted by atomic mass is 10.0. The van der Waals surface area contributed by atoms with Gasteiger partial charge in [-0.25, -0.2) is 0 Å². The molecular formula is C16H13NO2S. The van der Waals surface area contributed by atoms with E-state index in [-0.39, 0.29) is 11.7 Å². The van der Waals surface area contributed by atoms with Crippen LogP contribution in [-0.2, 0) is 11.2 Å². The number of ketones is 1. The average molecular weight is 283 g/mol. The van der Waals surface area contributed by atoms with Crippen molar-refractivity contribution in [3.8, 4) is 0 Å². The first-order chi connectivity index (χ1) is 9.67. The van der Waals surface area contributed by atoms with Crippen molar-refractivity contribution in [1.29, 1.82) is 0 Å². The highest BCUT2D eigenvalue weighted by Crippen LogP contribution is 2.25. The number of hydrogen-bond acceptors (Lipinski definition) is 3. The first-order valence-electron chi connectivity index (χ1n) is 6.29. The molecule has 2 aromatic carbocycles. The summed E-state index contributed by atoms with van der Waals surface area (Å²) >= 11 is 1.64. The van der Waals surface area contributed by atoms with E-state index in [2.05, 4.69) is 5.32 Å². The molecule has 0 atom stereocenters. The first kappa shape index (κ1) is 12.9. The van der Waals surface area contributed by atoms with E-state index in [1.54, 1.807) is 30.0 Å². The first-order valence-corrected chi connectivity index (χ1v) is 7.51. The molecule has 100 valence electrons. The van der Waals surface area contributed by atoms with Gasteiger partial charge in [0.25, 0.3) is 0 Å². The smallest absolute Gasteiger partial charge is 0.228 e. The molecule has 0 unspecified atom stereocenters. The van der Waals surface area contributed by atoms with E-state index < -0.39 is 0 Å². The fraction of sp³-hybridized carbons (Fsp3) is 0.125. The van der Waals surface area contributed by atoms with E-state index in [9.17, 15) is 9.59 Å². The number of fused-ring (bicyclic) bond motifs is 1. The zero-order valence-corrected chi connectivity index (χ0v) is 11.8. The second-order valence-electron chi connectivity index (χ2n) is 4.65. The van der Waals surface area contributed by atoms with Crippen molar-refractivity contribution >= 4 is 29.1 Å². The molecule has 1 amide bonds. The normalized spacial score (nSPS) is 12.9. The number of anilines is 1. The maximum Gasteiger partial charge on any atom is 0.228 e. The number of benzene rings is 2. The van der Waals surface area contributed by atoms with Crippen LogP contribution in [-0.4, -0.2) is 17.9 Å². The molecule has 1 N–H and O–H groups in total. The molecule has 1 aliphatic heterocycles. The van der Waals surface area contributed by atoms with Crippen LogP contribution in [0.4, 0.5) is 5.69 Å². The maximum absolute atomic E-state index is 12.4. The van der Waals surface area contributed by atoms with Crippen molar-refractivity contribution in [2.75, 3.05) is 11.6 Å². The highest BCUT2D eigenvalue weighted by Gasteiger charge is 2.19. The van der Waals surface area contributed by atoms with Crippen molar-refractivity contribution in [3.63, 3.8) is 0 Å². The van der Waals surface area contributed by atoms with Crippen LogP contribution in [0.5, 0.6) is 0 Å². The van der Waals surface area contributed by atoms with Gasteiger partial charge >= 0.3 is 0 Å². The lowest BCUT2D eigenvalue weighted by Gasteiger charge is -2.04. The molecule has 2 aromatic rings. The fourth-order valence-corrected chi connectivity index (χ4v) is 2.69. The Morgan fingerprint density at radius 3 is 2.50 bits per heavy atom. The van der Waals surface area contributed by atoms with Crippen molar-refractivity contribution in [2.24, 2.45) is 0 Å². The number of carbonyl (C=O) groups excluding carboxylic acids is 2. The predicted molar refractivity (Wildman–Crippen MR) is 80.4 cm³/mol. The summed E-state index contributed by atoms with van der Waals surface area (Å²) in [5, 5.41) is 2.77. The van der Waals surface area contributed by atoms with Crippen molar-refractivity contribution in [2.45, 2.75) is 11.3 Å². The van der Waals surface area contributed by atoms with Gasteiger partial charge < -0.3 is 5.32 Å². The van der Waals surface area contributed by atoms with Crippen molar-refractivity contribution in [1.82, 2.24) is 0 Å². The van der Waals surface area contributed by atoms with Crippen LogP contribution in [0.15, 0.2) is 47.4 Å². The number of hydrogen-bond donors (Lipinski definition) is 1. The monoisotopic (exact) mass is 283 g/mol. The zero-order chi connectivity index (χ0) is 14.1. The molecule has 3 nitrogen and oxygen atoms in total. The van der Waals surface area contributed by atoms with Crippen LogP contribution in [0.2, 0.25) is 0 Å². The van der Waals surface area contributed by atoms with E-state index in [1.165, 1.54) is 0 Å². The average Bonchev–Trinajstić information content (AvgIpc) is 2.85. The minimum absolute atomic E-state index is 0.0141. The Hall–Kier alpha value is -2.07. The Balaban J connectivity index is 1.90. The molecule has 0 aromatic heterocycles. The Morgan fingerprint density at radius 2 is 1.80 bits per heavy atom. The molecule has 0 bridgehead atoms. The standard InChI is InChI=1S/C16H13NO2S/c1-20-13-5-2-10(3-6-13)16(19)11-4-7-14-12(8-11)9-15(18)17-14/h2-8H,9H2,1H3,(H,17,18). The molecule has 0 fully saturated rings. The predicted octanol–water partition coefficient (Wildman–Crippen LogP) is 3.13. The van der Waals surface area contributed by atoms with Crippen LogP contribution >= 0.6 is 11.8 Å². The Morgan fingerprint density at radius 1 is 1.10 bits per heavy atom. The Labute approximate surface area is 121 Å². The lowest BCUT2D eigenvalue weighted by molar-refractivity contribution is -0.115. The summed E-state index contributed by atoms with van der Waals surface area (Å²) in [5.74, 6) is -0.0336. The van der Waals surface area contributed by atoms with Crippen molar-refractivity contribution < 1.29 is 9.59 Å². The second kappa shape index (κ2) is 5.13. The van der Waals surface area contributed by atoms with Gasteiger partial charge in [0.1, 0.15) is 0 Å². The summed E-state index contributed by atoms with van der Waals surface area (Å²) in [7, 11) is 0. The maximum atomic E-state index is 12.4. The lowest BCUT2D eigenvalue weighted by Crippen LogP contribution is -2.03. The van der Waals surface area contributed by atoms with E-state index in [0.717, 1.165) is 16.1 Å². The molecule has 1 heterocycles. The SMILES string of the molecule is CSc1ccc(C(=O)c2ccc3c(c2)CC(=O)N3)cc1. The number of nitrogens with one attached hydrogen (secondary N) is 1. The van der Waals surface area contributed by atoms with E-state index in [0.29, 0.717) is 17.5 Å². The molecule has 0 spiro atoms. The Bertz CT molecular complexity index is 692. The molecular weight excluding hydrogens is 270 g/mol. The third-order valence-corrected chi connectivity index (χ3v) is 4.09. The minimum atomic E-state index is -0.0195. The van der Waals surface area contributed by atoms with Crippen LogP contribution in [0, 0.1) is 0 Å². The van der Waals surface area contributed by atoms with Gasteiger partial charge in [-0.3, -0.25) is 9.59 Å². The van der Waals surface area contributed by atoms with Crippen LogP contribution in [0.3, 0.4) is 0 Å². The van der Waals surface area contributed by atoms with Gasteiger partial charge in [0, 0.05) is 21.7 Å². The van der Waals surface area contributed by atoms with Gasteiger partial charge in [0.2, 0.25) is 5.91 Å².